The van der Waals surface area contributed by atoms with Gasteiger partial charge in [0.05, 0.1) is 17.8 Å². The molecule has 3 N–H and O–H groups in total. The molecule has 3 rings (SSSR count). The molecule has 0 aromatic heterocycles. The van der Waals surface area contributed by atoms with E-state index in [0.29, 0.717) is 5.69 Å². The normalized spacial score (nSPS) is 10.2. The molecule has 0 aliphatic carbocycles. The van der Waals surface area contributed by atoms with Crippen LogP contribution < -0.4 is 20.4 Å². The third kappa shape index (κ3) is 6.64. The molecule has 0 unspecified atom stereocenters. The Morgan fingerprint density at radius 1 is 0.886 bits per heavy atom. The topological polar surface area (TPSA) is 119 Å². The molecule has 35 heavy (non-hydrogen) atoms. The van der Waals surface area contributed by atoms with Crippen LogP contribution in [0.2, 0.25) is 0 Å². The molecule has 0 aliphatic rings. The number of rotatable bonds is 8. The van der Waals surface area contributed by atoms with Crippen LogP contribution in [0.1, 0.15) is 10.4 Å². The zero-order valence-electron chi connectivity index (χ0n) is 18.8. The van der Waals surface area contributed by atoms with Gasteiger partial charge in [0.1, 0.15) is 12.4 Å². The number of hydrogen-bond donors (Lipinski definition) is 3. The highest BCUT2D eigenvalue weighted by atomic mass is 19.1. The average Bonchev–Trinajstić information content (AvgIpc) is 2.86. The number of urea groups is 1. The molecule has 0 atom stereocenters. The van der Waals surface area contributed by atoms with Crippen molar-refractivity contribution in [3.8, 4) is 0 Å². The Kier molecular flexibility index (Phi) is 8.12. The number of para-hydroxylation sites is 2. The maximum Gasteiger partial charge on any atom is 0.335 e. The quantitative estimate of drug-likeness (QED) is 0.459. The number of hydrogen-bond acceptors (Lipinski definition) is 4. The second-order valence-electron chi connectivity index (χ2n) is 7.41. The van der Waals surface area contributed by atoms with E-state index in [0.717, 1.165) is 4.90 Å². The molecule has 0 saturated carbocycles. The van der Waals surface area contributed by atoms with Gasteiger partial charge in [-0.2, -0.15) is 0 Å². The van der Waals surface area contributed by atoms with Crippen LogP contribution in [-0.4, -0.2) is 49.1 Å². The summed E-state index contributed by atoms with van der Waals surface area (Å²) in [5.41, 5.74) is 0.714. The molecule has 10 heteroatoms. The minimum Gasteiger partial charge on any atom is -0.478 e. The highest BCUT2D eigenvalue weighted by molar-refractivity contribution is 6.05. The second-order valence-corrected chi connectivity index (χ2v) is 7.41. The van der Waals surface area contributed by atoms with Gasteiger partial charge in [0.25, 0.3) is 0 Å². The van der Waals surface area contributed by atoms with Crippen LogP contribution in [0.5, 0.6) is 0 Å². The number of nitrogens with one attached hydrogen (secondary N) is 2. The first-order valence-electron chi connectivity index (χ1n) is 10.5. The number of halogens is 1. The summed E-state index contributed by atoms with van der Waals surface area (Å²) in [6.07, 6.45) is 0. The maximum absolute atomic E-state index is 14.1. The minimum absolute atomic E-state index is 0.00776. The first-order chi connectivity index (χ1) is 16.8. The first-order valence-corrected chi connectivity index (χ1v) is 10.5. The molecule has 4 amide bonds. The van der Waals surface area contributed by atoms with Crippen molar-refractivity contribution in [2.75, 3.05) is 35.3 Å². The standard InChI is InChI=1S/C25H23FN4O5/c1-29(21-13-6-5-12-20(21)26)23(32)16-30(19-10-3-2-4-11-19)22(31)15-27-25(35)28-18-9-7-8-17(14-18)24(33)34/h2-14H,15-16H2,1H3,(H,33,34)(H2,27,28,35). The molecule has 0 spiro atoms. The fourth-order valence-electron chi connectivity index (χ4n) is 3.19. The second kappa shape index (κ2) is 11.4. The Morgan fingerprint density at radius 3 is 2.26 bits per heavy atom. The molecule has 0 saturated heterocycles. The van der Waals surface area contributed by atoms with Gasteiger partial charge in [0, 0.05) is 18.4 Å². The SMILES string of the molecule is CN(C(=O)CN(C(=O)CNC(=O)Nc1cccc(C(=O)O)c1)c1ccccc1)c1ccccc1F. The molecule has 0 heterocycles. The molecule has 0 aliphatic heterocycles. The lowest BCUT2D eigenvalue weighted by atomic mass is 10.2. The molecule has 0 bridgehead atoms. The Bertz CT molecular complexity index is 1240. The largest absolute Gasteiger partial charge is 0.478 e. The predicted molar refractivity (Wildman–Crippen MR) is 129 cm³/mol. The van der Waals surface area contributed by atoms with Gasteiger partial charge in [-0.1, -0.05) is 36.4 Å². The number of carbonyl (C=O) groups excluding carboxylic acids is 3. The van der Waals surface area contributed by atoms with Crippen molar-refractivity contribution in [3.05, 3.63) is 90.2 Å². The molecule has 0 fully saturated rings. The van der Waals surface area contributed by atoms with Crippen molar-refractivity contribution in [3.63, 3.8) is 0 Å². The third-order valence-electron chi connectivity index (χ3n) is 5.02. The van der Waals surface area contributed by atoms with Crippen LogP contribution in [0.15, 0.2) is 78.9 Å². The van der Waals surface area contributed by atoms with Crippen molar-refractivity contribution >= 4 is 40.9 Å². The van der Waals surface area contributed by atoms with Gasteiger partial charge < -0.3 is 25.5 Å². The molecular weight excluding hydrogens is 455 g/mol. The van der Waals surface area contributed by atoms with Gasteiger partial charge in [-0.25, -0.2) is 14.0 Å². The minimum atomic E-state index is -1.15. The van der Waals surface area contributed by atoms with Crippen LogP contribution in [0.4, 0.5) is 26.2 Å². The lowest BCUT2D eigenvalue weighted by molar-refractivity contribution is -0.121. The average molecular weight is 478 g/mol. The van der Waals surface area contributed by atoms with E-state index >= 15 is 0 Å². The van der Waals surface area contributed by atoms with Crippen LogP contribution in [-0.2, 0) is 9.59 Å². The Morgan fingerprint density at radius 2 is 1.57 bits per heavy atom. The fraction of sp³-hybridized carbons (Fsp3) is 0.120. The van der Waals surface area contributed by atoms with Crippen molar-refractivity contribution < 1.29 is 28.7 Å². The summed E-state index contributed by atoms with van der Waals surface area (Å²) in [5, 5.41) is 13.9. The van der Waals surface area contributed by atoms with E-state index in [1.54, 1.807) is 36.4 Å². The monoisotopic (exact) mass is 478 g/mol. The Hall–Kier alpha value is -4.73. The van der Waals surface area contributed by atoms with Gasteiger partial charge in [0.15, 0.2) is 0 Å². The lowest BCUT2D eigenvalue weighted by Crippen LogP contribution is -2.46. The van der Waals surface area contributed by atoms with Gasteiger partial charge >= 0.3 is 12.0 Å². The highest BCUT2D eigenvalue weighted by Crippen LogP contribution is 2.19. The summed E-state index contributed by atoms with van der Waals surface area (Å²) < 4.78 is 14.1. The van der Waals surface area contributed by atoms with Gasteiger partial charge in [0.2, 0.25) is 11.8 Å². The van der Waals surface area contributed by atoms with E-state index in [1.807, 2.05) is 0 Å². The van der Waals surface area contributed by atoms with E-state index in [1.165, 1.54) is 54.4 Å². The summed E-state index contributed by atoms with van der Waals surface area (Å²) in [4.78, 5) is 51.5. The third-order valence-corrected chi connectivity index (χ3v) is 5.02. The number of nitrogens with zero attached hydrogens (tertiary/aromatic N) is 2. The van der Waals surface area contributed by atoms with Gasteiger partial charge in [-0.3, -0.25) is 9.59 Å². The van der Waals surface area contributed by atoms with Crippen molar-refractivity contribution in [2.45, 2.75) is 0 Å². The maximum atomic E-state index is 14.1. The van der Waals surface area contributed by atoms with Crippen molar-refractivity contribution in [1.82, 2.24) is 5.32 Å². The number of likely N-dealkylation sites (N-methyl/N-ethyl adjacent to an activating group) is 1. The van der Waals surface area contributed by atoms with E-state index in [9.17, 15) is 23.6 Å². The molecule has 9 nitrogen and oxygen atoms in total. The molecule has 3 aromatic rings. The van der Waals surface area contributed by atoms with Crippen LogP contribution in [0.25, 0.3) is 0 Å². The smallest absolute Gasteiger partial charge is 0.335 e. The molecular formula is C25H23FN4O5. The number of amides is 4. The number of benzene rings is 3. The van der Waals surface area contributed by atoms with Gasteiger partial charge in [-0.05, 0) is 42.5 Å². The Balaban J connectivity index is 1.68. The summed E-state index contributed by atoms with van der Waals surface area (Å²) in [7, 11) is 1.41. The van der Waals surface area contributed by atoms with Crippen LogP contribution in [0.3, 0.4) is 0 Å². The zero-order chi connectivity index (χ0) is 25.4. The fourth-order valence-corrected chi connectivity index (χ4v) is 3.19. The van der Waals surface area contributed by atoms with E-state index < -0.39 is 42.7 Å². The molecule has 0 radical (unpaired) electrons. The number of anilines is 3. The summed E-state index contributed by atoms with van der Waals surface area (Å²) >= 11 is 0. The molecule has 3 aromatic carbocycles. The van der Waals surface area contributed by atoms with E-state index in [-0.39, 0.29) is 16.9 Å². The highest BCUT2D eigenvalue weighted by Gasteiger charge is 2.23. The van der Waals surface area contributed by atoms with Gasteiger partial charge in [-0.15, -0.1) is 0 Å². The summed E-state index contributed by atoms with van der Waals surface area (Å²) in [6.45, 7) is -0.840. The first kappa shape index (κ1) is 24.9. The van der Waals surface area contributed by atoms with E-state index in [4.69, 9.17) is 5.11 Å². The van der Waals surface area contributed by atoms with Crippen LogP contribution >= 0.6 is 0 Å². The number of carboxylic acids is 1. The zero-order valence-corrected chi connectivity index (χ0v) is 18.8. The Labute approximate surface area is 200 Å². The van der Waals surface area contributed by atoms with Crippen molar-refractivity contribution in [1.29, 1.82) is 0 Å². The predicted octanol–water partition coefficient (Wildman–Crippen LogP) is 3.34. The lowest BCUT2D eigenvalue weighted by Gasteiger charge is -2.26. The van der Waals surface area contributed by atoms with Crippen molar-refractivity contribution in [2.24, 2.45) is 0 Å². The molecule has 180 valence electrons. The van der Waals surface area contributed by atoms with Crippen LogP contribution in [0, 0.1) is 5.82 Å². The number of carboxylic acid groups (broad SMARTS) is 1. The summed E-state index contributed by atoms with van der Waals surface area (Å²) in [5.74, 6) is -2.85. The number of carbonyl (C=O) groups is 4. The number of aromatic carboxylic acids is 1. The summed E-state index contributed by atoms with van der Waals surface area (Å²) in [6, 6.07) is 19.1. The van der Waals surface area contributed by atoms with E-state index in [2.05, 4.69) is 10.6 Å².